The number of nitrogens with zero attached hydrogens (tertiary/aromatic N) is 2. The quantitative estimate of drug-likeness (QED) is 0.706. The molecule has 0 unspecified atom stereocenters. The van der Waals surface area contributed by atoms with E-state index in [2.05, 4.69) is 29.3 Å². The molecule has 0 aromatic carbocycles. The van der Waals surface area contributed by atoms with Crippen molar-refractivity contribution in [1.82, 2.24) is 15.2 Å². The predicted octanol–water partition coefficient (Wildman–Crippen LogP) is 0.941. The molecule has 5 heteroatoms. The molecule has 1 heterocycles. The minimum absolute atomic E-state index is 0.753. The average molecular weight is 229 g/mol. The van der Waals surface area contributed by atoms with E-state index in [-0.39, 0.29) is 0 Å². The molecule has 0 saturated carbocycles. The van der Waals surface area contributed by atoms with Crippen molar-refractivity contribution in [2.24, 2.45) is 0 Å². The molecule has 0 aliphatic carbocycles. The first-order valence-corrected chi connectivity index (χ1v) is 5.82. The Kier molecular flexibility index (Phi) is 5.78. The number of hydrogen-bond donors (Lipinski definition) is 1. The van der Waals surface area contributed by atoms with Crippen molar-refractivity contribution in [3.8, 4) is 0 Å². The highest BCUT2D eigenvalue weighted by atomic mass is 32.1. The molecule has 0 aliphatic rings. The number of hydrogen-bond acceptors (Lipinski definition) is 5. The molecule has 0 atom stereocenters. The molecule has 1 rings (SSSR count). The second kappa shape index (κ2) is 6.90. The molecule has 1 aromatic rings. The highest BCUT2D eigenvalue weighted by Gasteiger charge is 2.02. The van der Waals surface area contributed by atoms with Crippen LogP contribution in [0.4, 0.5) is 0 Å². The van der Waals surface area contributed by atoms with Gasteiger partial charge in [0.25, 0.3) is 0 Å². The zero-order valence-corrected chi connectivity index (χ0v) is 10.4. The van der Waals surface area contributed by atoms with Crippen LogP contribution < -0.4 is 5.32 Å². The summed E-state index contributed by atoms with van der Waals surface area (Å²) in [4.78, 5) is 7.77. The molecule has 15 heavy (non-hydrogen) atoms. The Morgan fingerprint density at radius 2 is 2.33 bits per heavy atom. The minimum Gasteiger partial charge on any atom is -0.383 e. The van der Waals surface area contributed by atoms with Crippen molar-refractivity contribution < 1.29 is 4.74 Å². The molecule has 0 amide bonds. The van der Waals surface area contributed by atoms with Gasteiger partial charge in [0.05, 0.1) is 6.61 Å². The van der Waals surface area contributed by atoms with Gasteiger partial charge in [0.1, 0.15) is 5.01 Å². The molecular formula is C10H19N3OS. The molecular weight excluding hydrogens is 210 g/mol. The molecule has 0 radical (unpaired) electrons. The van der Waals surface area contributed by atoms with Crippen molar-refractivity contribution in [2.75, 3.05) is 34.4 Å². The summed E-state index contributed by atoms with van der Waals surface area (Å²) >= 11 is 1.76. The van der Waals surface area contributed by atoms with Crippen molar-refractivity contribution in [3.63, 3.8) is 0 Å². The SMILES string of the molecule is COCCNCc1cnc(CN(C)C)s1. The Balaban J connectivity index is 2.26. The maximum absolute atomic E-state index is 4.96. The summed E-state index contributed by atoms with van der Waals surface area (Å²) in [6, 6.07) is 0. The standard InChI is InChI=1S/C10H19N3OS/c1-13(2)8-10-12-7-9(15-10)6-11-4-5-14-3/h7,11H,4-6,8H2,1-3H3. The van der Waals surface area contributed by atoms with Crippen LogP contribution in [0.3, 0.4) is 0 Å². The summed E-state index contributed by atoms with van der Waals surface area (Å²) in [5.74, 6) is 0. The van der Waals surface area contributed by atoms with Crippen molar-refractivity contribution >= 4 is 11.3 Å². The van der Waals surface area contributed by atoms with Crippen LogP contribution in [0.15, 0.2) is 6.20 Å². The summed E-state index contributed by atoms with van der Waals surface area (Å²) in [6.45, 7) is 3.44. The average Bonchev–Trinajstić information content (AvgIpc) is 2.59. The lowest BCUT2D eigenvalue weighted by Gasteiger charge is -2.05. The van der Waals surface area contributed by atoms with Crippen LogP contribution >= 0.6 is 11.3 Å². The van der Waals surface area contributed by atoms with E-state index < -0.39 is 0 Å². The molecule has 0 bridgehead atoms. The highest BCUT2D eigenvalue weighted by molar-refractivity contribution is 7.11. The Bertz CT molecular complexity index is 275. The molecule has 0 fully saturated rings. The zero-order chi connectivity index (χ0) is 11.1. The van der Waals surface area contributed by atoms with Crippen LogP contribution in [-0.2, 0) is 17.8 Å². The van der Waals surface area contributed by atoms with Crippen LogP contribution in [0.1, 0.15) is 9.88 Å². The number of aromatic nitrogens is 1. The van der Waals surface area contributed by atoms with Crippen LogP contribution in [0.2, 0.25) is 0 Å². The summed E-state index contributed by atoms with van der Waals surface area (Å²) < 4.78 is 4.96. The van der Waals surface area contributed by atoms with Gasteiger partial charge in [-0.25, -0.2) is 4.98 Å². The molecule has 1 aromatic heterocycles. The van der Waals surface area contributed by atoms with Crippen molar-refractivity contribution in [3.05, 3.63) is 16.1 Å². The van der Waals surface area contributed by atoms with Gasteiger partial charge in [-0.05, 0) is 14.1 Å². The Morgan fingerprint density at radius 3 is 3.00 bits per heavy atom. The van der Waals surface area contributed by atoms with E-state index in [9.17, 15) is 0 Å². The molecule has 4 nitrogen and oxygen atoms in total. The number of nitrogens with one attached hydrogen (secondary N) is 1. The Hall–Kier alpha value is -0.490. The third kappa shape index (κ3) is 5.22. The number of ether oxygens (including phenoxy) is 1. The lowest BCUT2D eigenvalue weighted by atomic mass is 10.5. The number of methoxy groups -OCH3 is 1. The van der Waals surface area contributed by atoms with E-state index in [0.29, 0.717) is 0 Å². The Morgan fingerprint density at radius 1 is 1.53 bits per heavy atom. The molecule has 0 spiro atoms. The summed E-state index contributed by atoms with van der Waals surface area (Å²) in [6.07, 6.45) is 1.95. The van der Waals surface area contributed by atoms with Crippen LogP contribution in [0, 0.1) is 0 Å². The smallest absolute Gasteiger partial charge is 0.107 e. The fraction of sp³-hybridized carbons (Fsp3) is 0.700. The van der Waals surface area contributed by atoms with Gasteiger partial charge in [0, 0.05) is 37.8 Å². The lowest BCUT2D eigenvalue weighted by molar-refractivity contribution is 0.199. The van der Waals surface area contributed by atoms with E-state index in [0.717, 1.165) is 26.2 Å². The topological polar surface area (TPSA) is 37.4 Å². The van der Waals surface area contributed by atoms with Gasteiger partial charge in [0.15, 0.2) is 0 Å². The highest BCUT2D eigenvalue weighted by Crippen LogP contribution is 2.13. The summed E-state index contributed by atoms with van der Waals surface area (Å²) in [7, 11) is 5.82. The third-order valence-corrected chi connectivity index (χ3v) is 2.82. The van der Waals surface area contributed by atoms with Crippen molar-refractivity contribution in [2.45, 2.75) is 13.1 Å². The van der Waals surface area contributed by atoms with Gasteiger partial charge in [-0.1, -0.05) is 0 Å². The number of thiazole rings is 1. The van der Waals surface area contributed by atoms with E-state index >= 15 is 0 Å². The first-order chi connectivity index (χ1) is 7.22. The largest absolute Gasteiger partial charge is 0.383 e. The fourth-order valence-electron chi connectivity index (χ4n) is 1.16. The van der Waals surface area contributed by atoms with Crippen LogP contribution in [0.25, 0.3) is 0 Å². The number of rotatable bonds is 7. The van der Waals surface area contributed by atoms with E-state index in [1.807, 2.05) is 6.20 Å². The monoisotopic (exact) mass is 229 g/mol. The first kappa shape index (κ1) is 12.6. The van der Waals surface area contributed by atoms with E-state index in [1.54, 1.807) is 18.4 Å². The second-order valence-corrected chi connectivity index (χ2v) is 4.83. The summed E-state index contributed by atoms with van der Waals surface area (Å²) in [5.41, 5.74) is 0. The maximum atomic E-state index is 4.96. The molecule has 1 N–H and O–H groups in total. The summed E-state index contributed by atoms with van der Waals surface area (Å²) in [5, 5.41) is 4.47. The van der Waals surface area contributed by atoms with E-state index in [4.69, 9.17) is 4.74 Å². The van der Waals surface area contributed by atoms with Gasteiger partial charge in [-0.2, -0.15) is 0 Å². The van der Waals surface area contributed by atoms with Gasteiger partial charge in [0.2, 0.25) is 0 Å². The van der Waals surface area contributed by atoms with E-state index in [1.165, 1.54) is 9.88 Å². The van der Waals surface area contributed by atoms with Crippen LogP contribution in [-0.4, -0.2) is 44.2 Å². The third-order valence-electron chi connectivity index (χ3n) is 1.84. The fourth-order valence-corrected chi connectivity index (χ4v) is 2.17. The van der Waals surface area contributed by atoms with Gasteiger partial charge in [-0.15, -0.1) is 11.3 Å². The second-order valence-electron chi connectivity index (χ2n) is 3.63. The van der Waals surface area contributed by atoms with Gasteiger partial charge >= 0.3 is 0 Å². The lowest BCUT2D eigenvalue weighted by Crippen LogP contribution is -2.17. The molecule has 0 aliphatic heterocycles. The minimum atomic E-state index is 0.753. The van der Waals surface area contributed by atoms with Crippen LogP contribution in [0.5, 0.6) is 0 Å². The van der Waals surface area contributed by atoms with Gasteiger partial charge < -0.3 is 15.0 Å². The molecule has 86 valence electrons. The normalized spacial score (nSPS) is 11.2. The zero-order valence-electron chi connectivity index (χ0n) is 9.62. The first-order valence-electron chi connectivity index (χ1n) is 5.00. The van der Waals surface area contributed by atoms with Gasteiger partial charge in [-0.3, -0.25) is 0 Å². The molecule has 0 saturated heterocycles. The Labute approximate surface area is 95.3 Å². The maximum Gasteiger partial charge on any atom is 0.107 e. The predicted molar refractivity (Wildman–Crippen MR) is 63.1 cm³/mol. The van der Waals surface area contributed by atoms with Crippen molar-refractivity contribution in [1.29, 1.82) is 0 Å².